The second-order valence-corrected chi connectivity index (χ2v) is 9.69. The quantitative estimate of drug-likeness (QED) is 0.616. The third-order valence-corrected chi connectivity index (χ3v) is 8.15. The van der Waals surface area contributed by atoms with Gasteiger partial charge in [0.1, 0.15) is 5.76 Å². The molecule has 1 heterocycles. The Morgan fingerprint density at radius 1 is 1.05 bits per heavy atom. The smallest absolute Gasteiger partial charge is 0.177 e. The first-order chi connectivity index (χ1) is 8.95. The molecule has 0 aromatic carbocycles. The lowest BCUT2D eigenvalue weighted by Gasteiger charge is -2.64. The highest BCUT2D eigenvalue weighted by molar-refractivity contribution is 8.05. The molecule has 2 nitrogen and oxygen atoms in total. The van der Waals surface area contributed by atoms with Crippen LogP contribution in [0, 0.1) is 16.2 Å². The number of Topliss-reactive ketones (excluding diaryl/α,β-unsaturated/α-hetero) is 1. The van der Waals surface area contributed by atoms with Crippen molar-refractivity contribution in [2.24, 2.45) is 16.2 Å². The Labute approximate surface area is 130 Å². The van der Waals surface area contributed by atoms with Crippen LogP contribution in [-0.4, -0.2) is 15.6 Å². The molecule has 0 aromatic heterocycles. The topological polar surface area (TPSA) is 26.3 Å². The van der Waals surface area contributed by atoms with Crippen molar-refractivity contribution in [1.29, 1.82) is 0 Å². The fourth-order valence-corrected chi connectivity index (χ4v) is 6.07. The van der Waals surface area contributed by atoms with Gasteiger partial charge in [0.15, 0.2) is 10.7 Å². The summed E-state index contributed by atoms with van der Waals surface area (Å²) in [6, 6.07) is 0. The lowest BCUT2D eigenvalue weighted by molar-refractivity contribution is -0.119. The summed E-state index contributed by atoms with van der Waals surface area (Å²) in [5, 5.41) is 0. The zero-order valence-corrected chi connectivity index (χ0v) is 14.7. The molecule has 3 aliphatic rings. The van der Waals surface area contributed by atoms with Crippen molar-refractivity contribution in [2.45, 2.75) is 59.3 Å². The molecular formula is C16H22O2S2. The van der Waals surface area contributed by atoms with E-state index in [1.54, 1.807) is 11.8 Å². The predicted octanol–water partition coefficient (Wildman–Crippen LogP) is 4.48. The molecule has 0 radical (unpaired) electrons. The van der Waals surface area contributed by atoms with Gasteiger partial charge in [0.05, 0.1) is 4.91 Å². The van der Waals surface area contributed by atoms with E-state index in [-0.39, 0.29) is 22.0 Å². The zero-order valence-electron chi connectivity index (χ0n) is 13.0. The van der Waals surface area contributed by atoms with Gasteiger partial charge in [-0.2, -0.15) is 0 Å². The molecule has 0 N–H and O–H groups in total. The van der Waals surface area contributed by atoms with Crippen LogP contribution < -0.4 is 0 Å². The van der Waals surface area contributed by atoms with E-state index >= 15 is 0 Å². The average molecular weight is 310 g/mol. The molecule has 1 fully saturated rings. The van der Waals surface area contributed by atoms with Crippen molar-refractivity contribution in [3.8, 4) is 0 Å². The Kier molecular flexibility index (Phi) is 2.69. The van der Waals surface area contributed by atoms with E-state index in [1.165, 1.54) is 0 Å². The number of ether oxygens (including phenoxy) is 1. The molecule has 2 aliphatic carbocycles. The van der Waals surface area contributed by atoms with E-state index in [2.05, 4.69) is 41.5 Å². The molecule has 0 bridgehead atoms. The summed E-state index contributed by atoms with van der Waals surface area (Å²) >= 11 is 7.24. The van der Waals surface area contributed by atoms with Gasteiger partial charge in [-0.1, -0.05) is 65.5 Å². The summed E-state index contributed by atoms with van der Waals surface area (Å²) in [5.74, 6) is 1.14. The summed E-state index contributed by atoms with van der Waals surface area (Å²) in [6.07, 6.45) is 1.46. The number of allylic oxidation sites excluding steroid dienone is 2. The van der Waals surface area contributed by atoms with Crippen LogP contribution in [0.4, 0.5) is 0 Å². The van der Waals surface area contributed by atoms with Gasteiger partial charge in [-0.05, 0) is 5.41 Å². The van der Waals surface area contributed by atoms with E-state index in [1.807, 2.05) is 0 Å². The van der Waals surface area contributed by atoms with Crippen LogP contribution in [0.1, 0.15) is 54.4 Å². The van der Waals surface area contributed by atoms with Crippen molar-refractivity contribution < 1.29 is 9.53 Å². The van der Waals surface area contributed by atoms with Gasteiger partial charge in [0.25, 0.3) is 0 Å². The van der Waals surface area contributed by atoms with Crippen molar-refractivity contribution in [1.82, 2.24) is 0 Å². The molecule has 0 unspecified atom stereocenters. The molecule has 0 amide bonds. The lowest BCUT2D eigenvalue weighted by Crippen LogP contribution is -2.71. The zero-order chi connectivity index (χ0) is 15.1. The minimum Gasteiger partial charge on any atom is -0.477 e. The first-order valence-corrected chi connectivity index (χ1v) is 8.36. The summed E-state index contributed by atoms with van der Waals surface area (Å²) in [7, 11) is 0. The number of thiocarbonyl (C=S) groups is 1. The fraction of sp³-hybridized carbons (Fsp3) is 0.750. The van der Waals surface area contributed by atoms with Crippen molar-refractivity contribution in [3.05, 3.63) is 10.7 Å². The van der Waals surface area contributed by atoms with Crippen LogP contribution in [0.2, 0.25) is 0 Å². The highest BCUT2D eigenvalue weighted by atomic mass is 32.2. The normalized spacial score (nSPS) is 31.9. The van der Waals surface area contributed by atoms with Crippen LogP contribution in [0.5, 0.6) is 0 Å². The molecule has 1 saturated carbocycles. The maximum Gasteiger partial charge on any atom is 0.177 e. The van der Waals surface area contributed by atoms with Crippen molar-refractivity contribution in [2.75, 3.05) is 0 Å². The van der Waals surface area contributed by atoms with E-state index in [4.69, 9.17) is 17.0 Å². The van der Waals surface area contributed by atoms with Gasteiger partial charge in [0.2, 0.25) is 0 Å². The SMILES string of the molecule is CC1(C)CC(=O)C2=C(C1)OC1(S2)C(C)(C)C(=S)C1(C)C. The van der Waals surface area contributed by atoms with Gasteiger partial charge in [-0.25, -0.2) is 0 Å². The molecule has 110 valence electrons. The number of hydrogen-bond donors (Lipinski definition) is 0. The molecule has 0 atom stereocenters. The second-order valence-electron chi connectivity index (χ2n) is 8.09. The van der Waals surface area contributed by atoms with Crippen molar-refractivity contribution in [3.63, 3.8) is 0 Å². The van der Waals surface area contributed by atoms with Gasteiger partial charge < -0.3 is 4.74 Å². The highest BCUT2D eigenvalue weighted by Gasteiger charge is 2.75. The minimum atomic E-state index is -0.405. The summed E-state index contributed by atoms with van der Waals surface area (Å²) in [6.45, 7) is 12.8. The third kappa shape index (κ3) is 1.47. The van der Waals surface area contributed by atoms with Gasteiger partial charge in [0, 0.05) is 28.5 Å². The van der Waals surface area contributed by atoms with E-state index in [0.717, 1.165) is 21.9 Å². The molecule has 20 heavy (non-hydrogen) atoms. The summed E-state index contributed by atoms with van der Waals surface area (Å²) in [4.78, 5) is 13.9. The molecule has 3 rings (SSSR count). The van der Waals surface area contributed by atoms with Crippen LogP contribution in [0.25, 0.3) is 0 Å². The lowest BCUT2D eigenvalue weighted by atomic mass is 9.52. The molecule has 0 saturated heterocycles. The van der Waals surface area contributed by atoms with Gasteiger partial charge in [-0.15, -0.1) is 0 Å². The standard InChI is InChI=1S/C16H22O2S2/c1-13(2)7-9(17)11-10(8-13)18-16(20-11)14(3,4)12(19)15(16,5)6/h7-8H2,1-6H3. The van der Waals surface area contributed by atoms with Crippen LogP contribution in [0.15, 0.2) is 10.7 Å². The van der Waals surface area contributed by atoms with Gasteiger partial charge in [-0.3, -0.25) is 4.79 Å². The molecule has 4 heteroatoms. The Morgan fingerprint density at radius 2 is 1.60 bits per heavy atom. The number of rotatable bonds is 0. The Bertz CT molecular complexity index is 549. The summed E-state index contributed by atoms with van der Waals surface area (Å²) in [5.41, 5.74) is -0.364. The molecular weight excluding hydrogens is 288 g/mol. The molecule has 1 spiro atoms. The Balaban J connectivity index is 2.01. The maximum absolute atomic E-state index is 12.4. The number of ketones is 1. The number of thioether (sulfide) groups is 1. The fourth-order valence-electron chi connectivity index (χ4n) is 4.09. The first kappa shape index (κ1) is 14.6. The second kappa shape index (κ2) is 3.70. The van der Waals surface area contributed by atoms with Crippen LogP contribution in [-0.2, 0) is 9.53 Å². The number of hydrogen-bond acceptors (Lipinski definition) is 4. The molecule has 0 aromatic rings. The van der Waals surface area contributed by atoms with E-state index in [9.17, 15) is 4.79 Å². The van der Waals surface area contributed by atoms with Gasteiger partial charge >= 0.3 is 0 Å². The largest absolute Gasteiger partial charge is 0.477 e. The summed E-state index contributed by atoms with van der Waals surface area (Å²) < 4.78 is 6.43. The predicted molar refractivity (Wildman–Crippen MR) is 86.6 cm³/mol. The Hall–Kier alpha value is -0.350. The van der Waals surface area contributed by atoms with Crippen molar-refractivity contribution >= 4 is 34.6 Å². The maximum atomic E-state index is 12.4. The van der Waals surface area contributed by atoms with E-state index in [0.29, 0.717) is 6.42 Å². The van der Waals surface area contributed by atoms with E-state index < -0.39 is 4.93 Å². The minimum absolute atomic E-state index is 0.000544. The third-order valence-electron chi connectivity index (χ3n) is 5.08. The van der Waals surface area contributed by atoms with Crippen LogP contribution in [0.3, 0.4) is 0 Å². The number of carbonyl (C=O) groups is 1. The molecule has 1 aliphatic heterocycles. The van der Waals surface area contributed by atoms with Crippen LogP contribution >= 0.6 is 24.0 Å². The number of carbonyl (C=O) groups excluding carboxylic acids is 1. The highest BCUT2D eigenvalue weighted by Crippen LogP contribution is 2.72. The Morgan fingerprint density at radius 3 is 2.15 bits per heavy atom. The first-order valence-electron chi connectivity index (χ1n) is 7.14. The monoisotopic (exact) mass is 310 g/mol. The average Bonchev–Trinajstić information content (AvgIpc) is 2.68.